The van der Waals surface area contributed by atoms with Crippen LogP contribution in [-0.2, 0) is 19.1 Å². The van der Waals surface area contributed by atoms with Gasteiger partial charge >= 0.3 is 5.97 Å². The lowest BCUT2D eigenvalue weighted by Crippen LogP contribution is -2.41. The molecule has 0 aromatic heterocycles. The standard InChI is InChI=1S/C20H19BrClN3O5/c1-12-10-14(21)4-7-16(12)23-18(27)11-30-19(28)9-8-17(26)24-25-20(29)13-2-5-15(22)6-3-13/h2-7,10H,8-9,11H2,1H3,(H,23,27)(H,24,26)(H,25,29). The first-order chi connectivity index (χ1) is 14.2. The predicted molar refractivity (Wildman–Crippen MR) is 115 cm³/mol. The first-order valence-electron chi connectivity index (χ1n) is 8.81. The van der Waals surface area contributed by atoms with Gasteiger partial charge in [0.15, 0.2) is 6.61 Å². The number of aryl methyl sites for hydroxylation is 1. The molecule has 3 N–H and O–H groups in total. The fourth-order valence-corrected chi connectivity index (χ4v) is 2.85. The Hall–Kier alpha value is -2.91. The van der Waals surface area contributed by atoms with Crippen LogP contribution in [0.3, 0.4) is 0 Å². The third-order valence-electron chi connectivity index (χ3n) is 3.80. The van der Waals surface area contributed by atoms with Gasteiger partial charge in [0.05, 0.1) is 6.42 Å². The van der Waals surface area contributed by atoms with E-state index in [4.69, 9.17) is 16.3 Å². The molecule has 0 bridgehead atoms. The molecule has 0 aliphatic carbocycles. The lowest BCUT2D eigenvalue weighted by molar-refractivity contribution is -0.148. The van der Waals surface area contributed by atoms with Gasteiger partial charge in [0.1, 0.15) is 0 Å². The number of rotatable bonds is 7. The van der Waals surface area contributed by atoms with Crippen molar-refractivity contribution in [2.75, 3.05) is 11.9 Å². The molecule has 158 valence electrons. The van der Waals surface area contributed by atoms with E-state index < -0.39 is 30.3 Å². The number of halogens is 2. The van der Waals surface area contributed by atoms with Crippen molar-refractivity contribution in [2.45, 2.75) is 19.8 Å². The van der Waals surface area contributed by atoms with Crippen LogP contribution in [0.1, 0.15) is 28.8 Å². The van der Waals surface area contributed by atoms with E-state index in [1.165, 1.54) is 12.1 Å². The minimum Gasteiger partial charge on any atom is -0.456 e. The molecule has 3 amide bonds. The van der Waals surface area contributed by atoms with Gasteiger partial charge in [-0.25, -0.2) is 0 Å². The number of hydrazine groups is 1. The van der Waals surface area contributed by atoms with Gasteiger partial charge in [-0.3, -0.25) is 30.0 Å². The Balaban J connectivity index is 1.66. The van der Waals surface area contributed by atoms with Crippen LogP contribution in [0.4, 0.5) is 5.69 Å². The highest BCUT2D eigenvalue weighted by Crippen LogP contribution is 2.19. The van der Waals surface area contributed by atoms with E-state index in [2.05, 4.69) is 32.1 Å². The maximum Gasteiger partial charge on any atom is 0.306 e. The average Bonchev–Trinajstić information content (AvgIpc) is 2.71. The van der Waals surface area contributed by atoms with E-state index in [-0.39, 0.29) is 12.8 Å². The molecule has 2 rings (SSSR count). The van der Waals surface area contributed by atoms with Gasteiger partial charge in [-0.05, 0) is 55.0 Å². The van der Waals surface area contributed by atoms with Crippen molar-refractivity contribution in [1.82, 2.24) is 10.9 Å². The number of benzene rings is 2. The van der Waals surface area contributed by atoms with Gasteiger partial charge in [0.25, 0.3) is 11.8 Å². The summed E-state index contributed by atoms with van der Waals surface area (Å²) in [5.74, 6) is -2.31. The smallest absolute Gasteiger partial charge is 0.306 e. The number of esters is 1. The minimum atomic E-state index is -0.711. The summed E-state index contributed by atoms with van der Waals surface area (Å²) in [5.41, 5.74) is 6.19. The highest BCUT2D eigenvalue weighted by molar-refractivity contribution is 9.10. The summed E-state index contributed by atoms with van der Waals surface area (Å²) >= 11 is 9.07. The molecular formula is C20H19BrClN3O5. The third-order valence-corrected chi connectivity index (χ3v) is 4.55. The Morgan fingerprint density at radius 3 is 2.33 bits per heavy atom. The second kappa shape index (κ2) is 11.3. The van der Waals surface area contributed by atoms with Gasteiger partial charge in [0.2, 0.25) is 5.91 Å². The second-order valence-corrected chi connectivity index (χ2v) is 7.53. The third kappa shape index (κ3) is 7.84. The fraction of sp³-hybridized carbons (Fsp3) is 0.200. The normalized spacial score (nSPS) is 10.1. The van der Waals surface area contributed by atoms with Crippen molar-refractivity contribution >= 4 is 56.9 Å². The van der Waals surface area contributed by atoms with Crippen molar-refractivity contribution in [1.29, 1.82) is 0 Å². The molecule has 0 atom stereocenters. The molecule has 0 aliphatic heterocycles. The van der Waals surface area contributed by atoms with E-state index >= 15 is 0 Å². The molecule has 10 heteroatoms. The van der Waals surface area contributed by atoms with Crippen LogP contribution < -0.4 is 16.2 Å². The van der Waals surface area contributed by atoms with E-state index in [1.54, 1.807) is 24.3 Å². The minimum absolute atomic E-state index is 0.215. The number of carbonyl (C=O) groups excluding carboxylic acids is 4. The first kappa shape index (κ1) is 23.4. The molecule has 0 spiro atoms. The maximum absolute atomic E-state index is 11.9. The lowest BCUT2D eigenvalue weighted by Gasteiger charge is -2.10. The summed E-state index contributed by atoms with van der Waals surface area (Å²) in [5, 5.41) is 3.12. The van der Waals surface area contributed by atoms with Crippen LogP contribution in [0.2, 0.25) is 5.02 Å². The van der Waals surface area contributed by atoms with E-state index in [0.29, 0.717) is 16.3 Å². The van der Waals surface area contributed by atoms with E-state index in [9.17, 15) is 19.2 Å². The Kier molecular flexibility index (Phi) is 8.82. The Morgan fingerprint density at radius 1 is 0.967 bits per heavy atom. The van der Waals surface area contributed by atoms with Gasteiger partial charge < -0.3 is 10.1 Å². The van der Waals surface area contributed by atoms with Gasteiger partial charge in [-0.1, -0.05) is 27.5 Å². The topological polar surface area (TPSA) is 114 Å². The summed E-state index contributed by atoms with van der Waals surface area (Å²) in [6.45, 7) is 1.36. The maximum atomic E-state index is 11.9. The zero-order valence-electron chi connectivity index (χ0n) is 16.0. The number of ether oxygens (including phenoxy) is 1. The van der Waals surface area contributed by atoms with Gasteiger partial charge in [-0.15, -0.1) is 0 Å². The second-order valence-electron chi connectivity index (χ2n) is 6.18. The zero-order chi connectivity index (χ0) is 22.1. The van der Waals surface area contributed by atoms with Crippen LogP contribution in [0.25, 0.3) is 0 Å². The van der Waals surface area contributed by atoms with Crippen LogP contribution in [-0.4, -0.2) is 30.3 Å². The molecule has 30 heavy (non-hydrogen) atoms. The van der Waals surface area contributed by atoms with Crippen molar-refractivity contribution in [2.24, 2.45) is 0 Å². The summed E-state index contributed by atoms with van der Waals surface area (Å²) < 4.78 is 5.74. The summed E-state index contributed by atoms with van der Waals surface area (Å²) in [7, 11) is 0. The molecule has 0 fully saturated rings. The number of amides is 3. The number of hydrogen-bond donors (Lipinski definition) is 3. The van der Waals surface area contributed by atoms with Crippen LogP contribution >= 0.6 is 27.5 Å². The zero-order valence-corrected chi connectivity index (χ0v) is 18.3. The number of carbonyl (C=O) groups is 4. The molecule has 0 saturated carbocycles. The summed E-state index contributed by atoms with van der Waals surface area (Å²) in [6.07, 6.45) is -0.458. The largest absolute Gasteiger partial charge is 0.456 e. The van der Waals surface area contributed by atoms with Crippen molar-refractivity contribution in [3.05, 3.63) is 63.1 Å². The SMILES string of the molecule is Cc1cc(Br)ccc1NC(=O)COC(=O)CCC(=O)NNC(=O)c1ccc(Cl)cc1. The lowest BCUT2D eigenvalue weighted by atomic mass is 10.2. The molecule has 2 aromatic rings. The molecule has 0 saturated heterocycles. The fourth-order valence-electron chi connectivity index (χ4n) is 2.25. The van der Waals surface area contributed by atoms with Crippen LogP contribution in [0.15, 0.2) is 46.9 Å². The Labute approximate surface area is 186 Å². The highest BCUT2D eigenvalue weighted by atomic mass is 79.9. The summed E-state index contributed by atoms with van der Waals surface area (Å²) in [6, 6.07) is 11.4. The Morgan fingerprint density at radius 2 is 1.67 bits per heavy atom. The van der Waals surface area contributed by atoms with Gasteiger partial charge in [0, 0.05) is 27.2 Å². The first-order valence-corrected chi connectivity index (χ1v) is 9.98. The van der Waals surface area contributed by atoms with E-state index in [1.807, 2.05) is 13.0 Å². The number of hydrogen-bond acceptors (Lipinski definition) is 5. The molecule has 0 aliphatic rings. The number of anilines is 1. The molecule has 0 heterocycles. The Bertz CT molecular complexity index is 950. The highest BCUT2D eigenvalue weighted by Gasteiger charge is 2.12. The van der Waals surface area contributed by atoms with Crippen LogP contribution in [0, 0.1) is 6.92 Å². The quantitative estimate of drug-likeness (QED) is 0.403. The monoisotopic (exact) mass is 495 g/mol. The predicted octanol–water partition coefficient (Wildman–Crippen LogP) is 3.13. The van der Waals surface area contributed by atoms with Gasteiger partial charge in [-0.2, -0.15) is 0 Å². The molecular weight excluding hydrogens is 478 g/mol. The van der Waals surface area contributed by atoms with Crippen molar-refractivity contribution in [3.8, 4) is 0 Å². The van der Waals surface area contributed by atoms with Crippen molar-refractivity contribution in [3.63, 3.8) is 0 Å². The van der Waals surface area contributed by atoms with Crippen molar-refractivity contribution < 1.29 is 23.9 Å². The average molecular weight is 497 g/mol. The molecule has 2 aromatic carbocycles. The molecule has 0 unspecified atom stereocenters. The summed E-state index contributed by atoms with van der Waals surface area (Å²) in [4.78, 5) is 47.2. The van der Waals surface area contributed by atoms with E-state index in [0.717, 1.165) is 10.0 Å². The molecule has 0 radical (unpaired) electrons. The molecule has 8 nitrogen and oxygen atoms in total. The van der Waals surface area contributed by atoms with Crippen LogP contribution in [0.5, 0.6) is 0 Å². The number of nitrogens with one attached hydrogen (secondary N) is 3.